The van der Waals surface area contributed by atoms with E-state index in [-0.39, 0.29) is 5.91 Å². The average molecular weight is 268 g/mol. The van der Waals surface area contributed by atoms with Crippen molar-refractivity contribution in [3.05, 3.63) is 45.4 Å². The van der Waals surface area contributed by atoms with Crippen LogP contribution in [0.15, 0.2) is 30.6 Å². The van der Waals surface area contributed by atoms with E-state index < -0.39 is 0 Å². The van der Waals surface area contributed by atoms with Crippen LogP contribution < -0.4 is 11.1 Å². The van der Waals surface area contributed by atoms with Crippen LogP contribution in [0.3, 0.4) is 0 Å². The second kappa shape index (κ2) is 5.16. The number of rotatable bonds is 3. The monoisotopic (exact) mass is 267 g/mol. The molecule has 17 heavy (non-hydrogen) atoms. The maximum atomic E-state index is 11.7. The number of carbonyl (C=O) groups is 1. The first-order valence-corrected chi connectivity index (χ1v) is 6.08. The summed E-state index contributed by atoms with van der Waals surface area (Å²) in [7, 11) is 0. The van der Waals surface area contributed by atoms with Gasteiger partial charge in [0.25, 0.3) is 5.91 Å². The highest BCUT2D eigenvalue weighted by atomic mass is 35.5. The van der Waals surface area contributed by atoms with Crippen LogP contribution in [0, 0.1) is 0 Å². The van der Waals surface area contributed by atoms with Crippen LogP contribution in [0.1, 0.15) is 15.2 Å². The summed E-state index contributed by atoms with van der Waals surface area (Å²) in [6.07, 6.45) is 3.25. The van der Waals surface area contributed by atoms with Crippen molar-refractivity contribution in [2.24, 2.45) is 0 Å². The van der Waals surface area contributed by atoms with Gasteiger partial charge in [0.2, 0.25) is 0 Å². The molecule has 0 unspecified atom stereocenters. The van der Waals surface area contributed by atoms with Crippen LogP contribution >= 0.6 is 22.9 Å². The molecule has 0 spiro atoms. The van der Waals surface area contributed by atoms with E-state index >= 15 is 0 Å². The lowest BCUT2D eigenvalue weighted by atomic mass is 10.2. The minimum absolute atomic E-state index is 0.162. The first-order valence-electron chi connectivity index (χ1n) is 4.88. The van der Waals surface area contributed by atoms with Gasteiger partial charge in [-0.25, -0.2) is 0 Å². The van der Waals surface area contributed by atoms with E-state index in [1.807, 2.05) is 0 Å². The summed E-state index contributed by atoms with van der Waals surface area (Å²) in [6, 6.07) is 5.08. The third-order valence-electron chi connectivity index (χ3n) is 2.18. The predicted octanol–water partition coefficient (Wildman–Crippen LogP) is 2.31. The molecule has 2 heterocycles. The number of thiophene rings is 1. The molecule has 2 rings (SSSR count). The lowest BCUT2D eigenvalue weighted by Crippen LogP contribution is -2.22. The Kier molecular flexibility index (Phi) is 3.61. The third kappa shape index (κ3) is 2.95. The number of pyridine rings is 1. The van der Waals surface area contributed by atoms with E-state index in [0.717, 1.165) is 5.56 Å². The summed E-state index contributed by atoms with van der Waals surface area (Å²) in [5.74, 6) is -0.162. The van der Waals surface area contributed by atoms with Crippen LogP contribution in [-0.2, 0) is 6.54 Å². The number of amides is 1. The molecular weight excluding hydrogens is 258 g/mol. The minimum Gasteiger partial charge on any atom is -0.398 e. The molecular formula is C11H10ClN3OS. The van der Waals surface area contributed by atoms with Crippen molar-refractivity contribution in [2.45, 2.75) is 6.54 Å². The molecule has 0 aromatic carbocycles. The highest BCUT2D eigenvalue weighted by Gasteiger charge is 2.08. The molecule has 0 radical (unpaired) electrons. The Balaban J connectivity index is 1.99. The number of carbonyl (C=O) groups excluding carboxylic acids is 1. The minimum atomic E-state index is -0.162. The average Bonchev–Trinajstić information content (AvgIpc) is 2.74. The Morgan fingerprint density at radius 3 is 2.94 bits per heavy atom. The number of nitrogens with two attached hydrogens (primary N) is 1. The van der Waals surface area contributed by atoms with Gasteiger partial charge in [-0.15, -0.1) is 11.3 Å². The molecule has 0 aliphatic rings. The van der Waals surface area contributed by atoms with E-state index in [9.17, 15) is 4.79 Å². The molecule has 2 aromatic heterocycles. The predicted molar refractivity (Wildman–Crippen MR) is 69.1 cm³/mol. The Labute approximate surface area is 107 Å². The molecule has 1 amide bonds. The van der Waals surface area contributed by atoms with Crippen LogP contribution in [-0.4, -0.2) is 10.9 Å². The SMILES string of the molecule is Nc1ccncc1CNC(=O)c1ccc(Cl)s1. The van der Waals surface area contributed by atoms with E-state index in [0.29, 0.717) is 21.4 Å². The number of aromatic nitrogens is 1. The van der Waals surface area contributed by atoms with Crippen molar-refractivity contribution in [2.75, 3.05) is 5.73 Å². The largest absolute Gasteiger partial charge is 0.398 e. The molecule has 0 saturated heterocycles. The van der Waals surface area contributed by atoms with Crippen molar-refractivity contribution in [3.8, 4) is 0 Å². The summed E-state index contributed by atoms with van der Waals surface area (Å²) in [5, 5.41) is 2.76. The fourth-order valence-corrected chi connectivity index (χ4v) is 2.24. The molecule has 6 heteroatoms. The fraction of sp³-hybridized carbons (Fsp3) is 0.0909. The zero-order chi connectivity index (χ0) is 12.3. The highest BCUT2D eigenvalue weighted by Crippen LogP contribution is 2.21. The smallest absolute Gasteiger partial charge is 0.261 e. The standard InChI is InChI=1S/C11H10ClN3OS/c12-10-2-1-9(17-10)11(16)15-6-7-5-14-4-3-8(7)13/h1-5H,6H2,(H2,13,14)(H,15,16). The molecule has 88 valence electrons. The van der Waals surface area contributed by atoms with Crippen LogP contribution in [0.4, 0.5) is 5.69 Å². The second-order valence-corrected chi connectivity index (χ2v) is 5.08. The number of nitrogen functional groups attached to an aromatic ring is 1. The van der Waals surface area contributed by atoms with Gasteiger partial charge in [0.1, 0.15) is 0 Å². The number of anilines is 1. The molecule has 0 aliphatic carbocycles. The Morgan fingerprint density at radius 2 is 2.29 bits per heavy atom. The summed E-state index contributed by atoms with van der Waals surface area (Å²) < 4.78 is 0.594. The first-order chi connectivity index (χ1) is 8.16. The Hall–Kier alpha value is -1.59. The Bertz CT molecular complexity index is 541. The van der Waals surface area contributed by atoms with Gasteiger partial charge in [0.05, 0.1) is 9.21 Å². The van der Waals surface area contributed by atoms with E-state index in [1.54, 1.807) is 30.6 Å². The van der Waals surface area contributed by atoms with Crippen LogP contribution in [0.5, 0.6) is 0 Å². The first kappa shape index (κ1) is 11.9. The van der Waals surface area contributed by atoms with Crippen molar-refractivity contribution < 1.29 is 4.79 Å². The lowest BCUT2D eigenvalue weighted by molar-refractivity contribution is 0.0955. The molecule has 0 aliphatic heterocycles. The summed E-state index contributed by atoms with van der Waals surface area (Å²) in [6.45, 7) is 0.355. The number of halogens is 1. The third-order valence-corrected chi connectivity index (χ3v) is 3.41. The maximum absolute atomic E-state index is 11.7. The van der Waals surface area contributed by atoms with Crippen molar-refractivity contribution in [1.29, 1.82) is 0 Å². The molecule has 0 fully saturated rings. The quantitative estimate of drug-likeness (QED) is 0.897. The van der Waals surface area contributed by atoms with Gasteiger partial charge in [-0.05, 0) is 18.2 Å². The molecule has 4 nitrogen and oxygen atoms in total. The molecule has 2 aromatic rings. The molecule has 0 saturated carbocycles. The topological polar surface area (TPSA) is 68.0 Å². The van der Waals surface area contributed by atoms with Crippen molar-refractivity contribution >= 4 is 34.5 Å². The second-order valence-electron chi connectivity index (χ2n) is 3.36. The maximum Gasteiger partial charge on any atom is 0.261 e. The van der Waals surface area contributed by atoms with Crippen molar-refractivity contribution in [1.82, 2.24) is 10.3 Å². The van der Waals surface area contributed by atoms with Gasteiger partial charge in [-0.1, -0.05) is 11.6 Å². The molecule has 0 bridgehead atoms. The molecule has 3 N–H and O–H groups in total. The lowest BCUT2D eigenvalue weighted by Gasteiger charge is -2.05. The van der Waals surface area contributed by atoms with Crippen LogP contribution in [0.25, 0.3) is 0 Å². The fourth-order valence-electron chi connectivity index (χ4n) is 1.28. The van der Waals surface area contributed by atoms with Crippen molar-refractivity contribution in [3.63, 3.8) is 0 Å². The van der Waals surface area contributed by atoms with Crippen LogP contribution in [0.2, 0.25) is 4.34 Å². The number of nitrogens with zero attached hydrogens (tertiary/aromatic N) is 1. The summed E-state index contributed by atoms with van der Waals surface area (Å²) in [5.41, 5.74) is 7.15. The number of hydrogen-bond donors (Lipinski definition) is 2. The van der Waals surface area contributed by atoms with Gasteiger partial charge >= 0.3 is 0 Å². The zero-order valence-corrected chi connectivity index (χ0v) is 10.4. The van der Waals surface area contributed by atoms with Gasteiger partial charge in [-0.3, -0.25) is 9.78 Å². The van der Waals surface area contributed by atoms with Gasteiger partial charge < -0.3 is 11.1 Å². The summed E-state index contributed by atoms with van der Waals surface area (Å²) >= 11 is 7.00. The zero-order valence-electron chi connectivity index (χ0n) is 8.81. The number of hydrogen-bond acceptors (Lipinski definition) is 4. The Morgan fingerprint density at radius 1 is 1.47 bits per heavy atom. The van der Waals surface area contributed by atoms with Gasteiger partial charge in [0, 0.05) is 30.2 Å². The van der Waals surface area contributed by atoms with Gasteiger partial charge in [-0.2, -0.15) is 0 Å². The van der Waals surface area contributed by atoms with E-state index in [2.05, 4.69) is 10.3 Å². The van der Waals surface area contributed by atoms with E-state index in [1.165, 1.54) is 11.3 Å². The summed E-state index contributed by atoms with van der Waals surface area (Å²) in [4.78, 5) is 16.3. The highest BCUT2D eigenvalue weighted by molar-refractivity contribution is 7.17. The van der Waals surface area contributed by atoms with E-state index in [4.69, 9.17) is 17.3 Å². The number of nitrogens with one attached hydrogen (secondary N) is 1. The molecule has 0 atom stereocenters. The van der Waals surface area contributed by atoms with Gasteiger partial charge in [0.15, 0.2) is 0 Å². The normalized spacial score (nSPS) is 10.2.